The van der Waals surface area contributed by atoms with E-state index in [4.69, 9.17) is 0 Å². The Labute approximate surface area is 111 Å². The molecule has 0 atom stereocenters. The molecule has 1 aromatic heterocycles. The van der Waals surface area contributed by atoms with Gasteiger partial charge in [0.2, 0.25) is 11.9 Å². The number of benzene rings is 1. The highest BCUT2D eigenvalue weighted by Gasteiger charge is 2.11. The zero-order valence-corrected chi connectivity index (χ0v) is 11.4. The summed E-state index contributed by atoms with van der Waals surface area (Å²) in [5.74, 6) is 1.39. The summed E-state index contributed by atoms with van der Waals surface area (Å²) < 4.78 is 12.9. The SMILES string of the molecule is CN(C)c1nc(-c2ccc(F)cc2)nc(N(C)C)n1. The molecule has 100 valence electrons. The van der Waals surface area contributed by atoms with Gasteiger partial charge in [-0.15, -0.1) is 0 Å². The first-order valence-electron chi connectivity index (χ1n) is 5.84. The summed E-state index contributed by atoms with van der Waals surface area (Å²) in [6, 6.07) is 6.10. The van der Waals surface area contributed by atoms with Crippen LogP contribution in [0, 0.1) is 5.82 Å². The minimum atomic E-state index is -0.279. The highest BCUT2D eigenvalue weighted by molar-refractivity contribution is 5.58. The third-order valence-electron chi connectivity index (χ3n) is 2.51. The van der Waals surface area contributed by atoms with E-state index in [1.807, 2.05) is 38.0 Å². The number of aromatic nitrogens is 3. The summed E-state index contributed by atoms with van der Waals surface area (Å²) in [5, 5.41) is 0. The molecule has 0 saturated carbocycles. The van der Waals surface area contributed by atoms with E-state index in [2.05, 4.69) is 15.0 Å². The summed E-state index contributed by atoms with van der Waals surface area (Å²) in [7, 11) is 7.46. The highest BCUT2D eigenvalue weighted by Crippen LogP contribution is 2.20. The van der Waals surface area contributed by atoms with E-state index in [0.717, 1.165) is 5.56 Å². The fourth-order valence-corrected chi connectivity index (χ4v) is 1.48. The van der Waals surface area contributed by atoms with E-state index in [0.29, 0.717) is 17.7 Å². The van der Waals surface area contributed by atoms with Gasteiger partial charge in [-0.2, -0.15) is 15.0 Å². The van der Waals surface area contributed by atoms with Crippen molar-refractivity contribution in [3.05, 3.63) is 30.1 Å². The van der Waals surface area contributed by atoms with E-state index >= 15 is 0 Å². The Hall–Kier alpha value is -2.24. The number of hydrogen-bond acceptors (Lipinski definition) is 5. The van der Waals surface area contributed by atoms with E-state index in [-0.39, 0.29) is 5.82 Å². The van der Waals surface area contributed by atoms with Crippen LogP contribution in [0.25, 0.3) is 11.4 Å². The monoisotopic (exact) mass is 261 g/mol. The Morgan fingerprint density at radius 3 is 1.68 bits per heavy atom. The third kappa shape index (κ3) is 2.96. The maximum Gasteiger partial charge on any atom is 0.230 e. The van der Waals surface area contributed by atoms with Gasteiger partial charge in [0.25, 0.3) is 0 Å². The zero-order chi connectivity index (χ0) is 14.0. The molecule has 0 saturated heterocycles. The van der Waals surface area contributed by atoms with Gasteiger partial charge >= 0.3 is 0 Å². The van der Waals surface area contributed by atoms with Crippen molar-refractivity contribution in [3.63, 3.8) is 0 Å². The predicted molar refractivity (Wildman–Crippen MR) is 73.9 cm³/mol. The van der Waals surface area contributed by atoms with Crippen LogP contribution >= 0.6 is 0 Å². The molecule has 2 rings (SSSR count). The van der Waals surface area contributed by atoms with E-state index in [1.54, 1.807) is 12.1 Å². The number of anilines is 2. The van der Waals surface area contributed by atoms with Crippen LogP contribution < -0.4 is 9.80 Å². The first-order chi connectivity index (χ1) is 8.97. The summed E-state index contributed by atoms with van der Waals surface area (Å²) in [4.78, 5) is 16.7. The van der Waals surface area contributed by atoms with Crippen molar-refractivity contribution in [2.24, 2.45) is 0 Å². The molecular weight excluding hydrogens is 245 g/mol. The first kappa shape index (κ1) is 13.2. The molecule has 0 aliphatic rings. The van der Waals surface area contributed by atoms with Crippen molar-refractivity contribution in [2.45, 2.75) is 0 Å². The smallest absolute Gasteiger partial charge is 0.230 e. The van der Waals surface area contributed by atoms with Crippen molar-refractivity contribution in [2.75, 3.05) is 38.0 Å². The summed E-state index contributed by atoms with van der Waals surface area (Å²) in [6.07, 6.45) is 0. The molecule has 0 N–H and O–H groups in total. The number of halogens is 1. The maximum absolute atomic E-state index is 12.9. The average molecular weight is 261 g/mol. The second-order valence-corrected chi connectivity index (χ2v) is 4.55. The minimum absolute atomic E-state index is 0.279. The van der Waals surface area contributed by atoms with Gasteiger partial charge in [0, 0.05) is 33.8 Å². The van der Waals surface area contributed by atoms with Crippen LogP contribution in [0.15, 0.2) is 24.3 Å². The third-order valence-corrected chi connectivity index (χ3v) is 2.51. The Balaban J connectivity index is 2.52. The fraction of sp³-hybridized carbons (Fsp3) is 0.308. The van der Waals surface area contributed by atoms with Crippen LogP contribution in [0.3, 0.4) is 0 Å². The van der Waals surface area contributed by atoms with Crippen molar-refractivity contribution >= 4 is 11.9 Å². The Morgan fingerprint density at radius 2 is 1.26 bits per heavy atom. The van der Waals surface area contributed by atoms with Crippen LogP contribution in [0.2, 0.25) is 0 Å². The maximum atomic E-state index is 12.9. The molecule has 0 unspecified atom stereocenters. The predicted octanol–water partition coefficient (Wildman–Crippen LogP) is 1.81. The first-order valence-corrected chi connectivity index (χ1v) is 5.84. The minimum Gasteiger partial charge on any atom is -0.347 e. The second-order valence-electron chi connectivity index (χ2n) is 4.55. The lowest BCUT2D eigenvalue weighted by molar-refractivity contribution is 0.628. The van der Waals surface area contributed by atoms with Gasteiger partial charge in [-0.25, -0.2) is 4.39 Å². The fourth-order valence-electron chi connectivity index (χ4n) is 1.48. The summed E-state index contributed by atoms with van der Waals surface area (Å²) >= 11 is 0. The van der Waals surface area contributed by atoms with Gasteiger partial charge in [0.15, 0.2) is 5.82 Å². The highest BCUT2D eigenvalue weighted by atomic mass is 19.1. The lowest BCUT2D eigenvalue weighted by Gasteiger charge is -2.16. The quantitative estimate of drug-likeness (QED) is 0.843. The van der Waals surface area contributed by atoms with Crippen molar-refractivity contribution < 1.29 is 4.39 Å². The molecule has 0 amide bonds. The van der Waals surface area contributed by atoms with Gasteiger partial charge in [0.1, 0.15) is 5.82 Å². The standard InChI is InChI=1S/C13H16FN5/c1-18(2)12-15-11(16-13(17-12)19(3)4)9-5-7-10(14)8-6-9/h5-8H,1-4H3. The largest absolute Gasteiger partial charge is 0.347 e. The molecule has 0 spiro atoms. The van der Waals surface area contributed by atoms with Gasteiger partial charge < -0.3 is 9.80 Å². The van der Waals surface area contributed by atoms with Gasteiger partial charge in [0.05, 0.1) is 0 Å². The molecule has 5 nitrogen and oxygen atoms in total. The van der Waals surface area contributed by atoms with Crippen LogP contribution in [0.4, 0.5) is 16.3 Å². The Kier molecular flexibility index (Phi) is 3.59. The van der Waals surface area contributed by atoms with E-state index in [9.17, 15) is 4.39 Å². The van der Waals surface area contributed by atoms with Crippen LogP contribution in [-0.4, -0.2) is 43.1 Å². The normalized spacial score (nSPS) is 10.4. The topological polar surface area (TPSA) is 45.2 Å². The van der Waals surface area contributed by atoms with Gasteiger partial charge in [-0.3, -0.25) is 0 Å². The average Bonchev–Trinajstić information content (AvgIpc) is 2.39. The van der Waals surface area contributed by atoms with Crippen molar-refractivity contribution in [3.8, 4) is 11.4 Å². The molecular formula is C13H16FN5. The molecule has 0 aliphatic carbocycles. The van der Waals surface area contributed by atoms with Gasteiger partial charge in [-0.1, -0.05) is 0 Å². The van der Waals surface area contributed by atoms with Gasteiger partial charge in [-0.05, 0) is 24.3 Å². The summed E-state index contributed by atoms with van der Waals surface area (Å²) in [6.45, 7) is 0. The Morgan fingerprint density at radius 1 is 0.789 bits per heavy atom. The van der Waals surface area contributed by atoms with Crippen LogP contribution in [-0.2, 0) is 0 Å². The van der Waals surface area contributed by atoms with Crippen molar-refractivity contribution in [1.29, 1.82) is 0 Å². The molecule has 1 aromatic carbocycles. The summed E-state index contributed by atoms with van der Waals surface area (Å²) in [5.41, 5.74) is 0.759. The molecule has 6 heteroatoms. The lowest BCUT2D eigenvalue weighted by Crippen LogP contribution is -2.19. The second kappa shape index (κ2) is 5.17. The molecule has 0 aliphatic heterocycles. The number of hydrogen-bond donors (Lipinski definition) is 0. The van der Waals surface area contributed by atoms with Crippen molar-refractivity contribution in [1.82, 2.24) is 15.0 Å². The zero-order valence-electron chi connectivity index (χ0n) is 11.4. The van der Waals surface area contributed by atoms with E-state index < -0.39 is 0 Å². The molecule has 1 heterocycles. The van der Waals surface area contributed by atoms with Crippen LogP contribution in [0.5, 0.6) is 0 Å². The molecule has 19 heavy (non-hydrogen) atoms. The molecule has 0 bridgehead atoms. The Bertz CT molecular complexity index is 539. The lowest BCUT2D eigenvalue weighted by atomic mass is 10.2. The number of rotatable bonds is 3. The number of nitrogens with zero attached hydrogens (tertiary/aromatic N) is 5. The molecule has 2 aromatic rings. The van der Waals surface area contributed by atoms with E-state index in [1.165, 1.54) is 12.1 Å². The molecule has 0 radical (unpaired) electrons. The molecule has 0 fully saturated rings. The van der Waals surface area contributed by atoms with Crippen LogP contribution in [0.1, 0.15) is 0 Å².